The first-order chi connectivity index (χ1) is 16.4. The summed E-state index contributed by atoms with van der Waals surface area (Å²) < 4.78 is 44.1. The van der Waals surface area contributed by atoms with Crippen LogP contribution in [-0.4, -0.2) is 42.1 Å². The van der Waals surface area contributed by atoms with Crippen molar-refractivity contribution in [3.63, 3.8) is 0 Å². The number of nitrogens with zero attached hydrogens (tertiary/aromatic N) is 3. The number of carbonyl (C=O) groups is 1. The number of carbonyl (C=O) groups excluding carboxylic acids is 1. The van der Waals surface area contributed by atoms with Gasteiger partial charge in [-0.3, -0.25) is 0 Å². The average Bonchev–Trinajstić information content (AvgIpc) is 3.10. The van der Waals surface area contributed by atoms with Crippen LogP contribution in [0.25, 0.3) is 0 Å². The molecule has 6 nitrogen and oxygen atoms in total. The van der Waals surface area contributed by atoms with Gasteiger partial charge in [0.25, 0.3) is 0 Å². The van der Waals surface area contributed by atoms with Crippen molar-refractivity contribution in [2.24, 2.45) is 0 Å². The van der Waals surface area contributed by atoms with E-state index in [-0.39, 0.29) is 6.03 Å². The normalized spacial score (nSPS) is 14.4. The summed E-state index contributed by atoms with van der Waals surface area (Å²) in [6.07, 6.45) is -2.88. The number of halogens is 3. The van der Waals surface area contributed by atoms with Crippen LogP contribution in [0, 0.1) is 0 Å². The Balaban J connectivity index is 1.28. The molecule has 0 atom stereocenters. The summed E-state index contributed by atoms with van der Waals surface area (Å²) in [5, 5.41) is 2.89. The van der Waals surface area contributed by atoms with E-state index < -0.39 is 11.7 Å². The highest BCUT2D eigenvalue weighted by Gasteiger charge is 2.31. The van der Waals surface area contributed by atoms with Gasteiger partial charge >= 0.3 is 12.2 Å². The van der Waals surface area contributed by atoms with Crippen molar-refractivity contribution >= 4 is 17.5 Å². The predicted molar refractivity (Wildman–Crippen MR) is 124 cm³/mol. The zero-order valence-electron chi connectivity index (χ0n) is 18.5. The van der Waals surface area contributed by atoms with Crippen LogP contribution in [0.1, 0.15) is 17.5 Å². The van der Waals surface area contributed by atoms with Crippen LogP contribution in [0.4, 0.5) is 29.5 Å². The third-order valence-corrected chi connectivity index (χ3v) is 5.54. The predicted octanol–water partition coefficient (Wildman–Crippen LogP) is 5.42. The summed E-state index contributed by atoms with van der Waals surface area (Å²) in [6, 6.07) is 19.2. The Morgan fingerprint density at radius 1 is 0.941 bits per heavy atom. The summed E-state index contributed by atoms with van der Waals surface area (Å²) >= 11 is 0. The molecule has 2 heterocycles. The van der Waals surface area contributed by atoms with Crippen LogP contribution in [0.3, 0.4) is 0 Å². The molecule has 2 aromatic carbocycles. The second-order valence-electron chi connectivity index (χ2n) is 7.96. The van der Waals surface area contributed by atoms with Gasteiger partial charge in [0.05, 0.1) is 5.56 Å². The third-order valence-electron chi connectivity index (χ3n) is 5.54. The van der Waals surface area contributed by atoms with E-state index in [1.807, 2.05) is 35.2 Å². The van der Waals surface area contributed by atoms with Gasteiger partial charge in [0.1, 0.15) is 18.2 Å². The van der Waals surface area contributed by atoms with E-state index in [2.05, 4.69) is 10.3 Å². The molecular formula is C25H25F3N4O2. The van der Waals surface area contributed by atoms with Crippen LogP contribution in [0.5, 0.6) is 5.75 Å². The number of anilines is 2. The quantitative estimate of drug-likeness (QED) is 0.541. The van der Waals surface area contributed by atoms with Crippen molar-refractivity contribution in [3.05, 3.63) is 84.1 Å². The van der Waals surface area contributed by atoms with Crippen LogP contribution >= 0.6 is 0 Å². The Morgan fingerprint density at radius 2 is 1.71 bits per heavy atom. The van der Waals surface area contributed by atoms with Crippen molar-refractivity contribution in [2.45, 2.75) is 19.2 Å². The molecule has 0 saturated carbocycles. The number of alkyl halides is 3. The standard InChI is InChI=1S/C25H25F3N4O2/c26-25(27,28)20-7-12-23(29-17-20)31-13-4-14-32(16-15-31)24(33)30-21-8-10-22(11-9-21)34-18-19-5-2-1-3-6-19/h1-3,5-12,17H,4,13-16,18H2,(H,30,33). The molecule has 0 spiro atoms. The van der Waals surface area contributed by atoms with Crippen LogP contribution in [-0.2, 0) is 12.8 Å². The largest absolute Gasteiger partial charge is 0.489 e. The van der Waals surface area contributed by atoms with Crippen LogP contribution < -0.4 is 15.0 Å². The van der Waals surface area contributed by atoms with Crippen LogP contribution in [0.2, 0.25) is 0 Å². The monoisotopic (exact) mass is 470 g/mol. The third kappa shape index (κ3) is 6.18. The summed E-state index contributed by atoms with van der Waals surface area (Å²) in [5.41, 5.74) is 0.952. The van der Waals surface area contributed by atoms with Gasteiger partial charge in [-0.1, -0.05) is 30.3 Å². The minimum absolute atomic E-state index is 0.222. The van der Waals surface area contributed by atoms with Crippen LogP contribution in [0.15, 0.2) is 72.9 Å². The number of benzene rings is 2. The highest BCUT2D eigenvalue weighted by Crippen LogP contribution is 2.29. The molecule has 3 aromatic rings. The molecule has 0 aliphatic carbocycles. The molecule has 4 rings (SSSR count). The fourth-order valence-corrected chi connectivity index (χ4v) is 3.67. The van der Waals surface area contributed by atoms with E-state index in [1.165, 1.54) is 6.07 Å². The molecule has 178 valence electrons. The maximum absolute atomic E-state index is 12.8. The summed E-state index contributed by atoms with van der Waals surface area (Å²) in [5.74, 6) is 1.18. The molecule has 34 heavy (non-hydrogen) atoms. The van der Waals surface area contributed by atoms with Crippen molar-refractivity contribution in [2.75, 3.05) is 36.4 Å². The van der Waals surface area contributed by atoms with Gasteiger partial charge in [0.2, 0.25) is 0 Å². The van der Waals surface area contributed by atoms with Crippen molar-refractivity contribution < 1.29 is 22.7 Å². The number of hydrogen-bond donors (Lipinski definition) is 1. The summed E-state index contributed by atoms with van der Waals surface area (Å²) in [7, 11) is 0. The van der Waals surface area contributed by atoms with Crippen molar-refractivity contribution in [1.82, 2.24) is 9.88 Å². The molecule has 1 aromatic heterocycles. The molecule has 1 fully saturated rings. The molecule has 1 saturated heterocycles. The highest BCUT2D eigenvalue weighted by molar-refractivity contribution is 5.89. The van der Waals surface area contributed by atoms with Gasteiger partial charge in [-0.05, 0) is 48.4 Å². The average molecular weight is 470 g/mol. The topological polar surface area (TPSA) is 57.7 Å². The number of urea groups is 1. The lowest BCUT2D eigenvalue weighted by atomic mass is 10.2. The Morgan fingerprint density at radius 3 is 2.38 bits per heavy atom. The fraction of sp³-hybridized carbons (Fsp3) is 0.280. The molecule has 2 amide bonds. The Hall–Kier alpha value is -3.75. The van der Waals surface area contributed by atoms with Gasteiger partial charge in [0.15, 0.2) is 0 Å². The van der Waals surface area contributed by atoms with Gasteiger partial charge in [-0.25, -0.2) is 9.78 Å². The zero-order valence-corrected chi connectivity index (χ0v) is 18.5. The first-order valence-corrected chi connectivity index (χ1v) is 11.0. The van der Waals surface area contributed by atoms with E-state index >= 15 is 0 Å². The first kappa shape index (κ1) is 23.4. The summed E-state index contributed by atoms with van der Waals surface area (Å²) in [6.45, 7) is 2.53. The van der Waals surface area contributed by atoms with E-state index in [0.29, 0.717) is 56.5 Å². The maximum atomic E-state index is 12.8. The number of ether oxygens (including phenoxy) is 1. The lowest BCUT2D eigenvalue weighted by molar-refractivity contribution is -0.137. The molecule has 1 aliphatic heterocycles. The molecular weight excluding hydrogens is 445 g/mol. The van der Waals surface area contributed by atoms with Gasteiger partial charge in [-0.15, -0.1) is 0 Å². The lowest BCUT2D eigenvalue weighted by Gasteiger charge is -2.23. The van der Waals surface area contributed by atoms with E-state index in [9.17, 15) is 18.0 Å². The lowest BCUT2D eigenvalue weighted by Crippen LogP contribution is -2.38. The minimum Gasteiger partial charge on any atom is -0.489 e. The fourth-order valence-electron chi connectivity index (χ4n) is 3.67. The van der Waals surface area contributed by atoms with Gasteiger partial charge < -0.3 is 19.9 Å². The van der Waals surface area contributed by atoms with E-state index in [4.69, 9.17) is 4.74 Å². The van der Waals surface area contributed by atoms with Crippen molar-refractivity contribution in [3.8, 4) is 5.75 Å². The molecule has 0 unspecified atom stereocenters. The molecule has 0 bridgehead atoms. The number of amides is 2. The Kier molecular flexibility index (Phi) is 7.20. The number of pyridine rings is 1. The second kappa shape index (κ2) is 10.5. The van der Waals surface area contributed by atoms with Crippen molar-refractivity contribution in [1.29, 1.82) is 0 Å². The number of nitrogens with one attached hydrogen (secondary N) is 1. The molecule has 1 N–H and O–H groups in total. The molecule has 9 heteroatoms. The van der Waals surface area contributed by atoms with Gasteiger partial charge in [0, 0.05) is 38.1 Å². The summed E-state index contributed by atoms with van der Waals surface area (Å²) in [4.78, 5) is 20.3. The highest BCUT2D eigenvalue weighted by atomic mass is 19.4. The maximum Gasteiger partial charge on any atom is 0.417 e. The van der Waals surface area contributed by atoms with Gasteiger partial charge in [-0.2, -0.15) is 13.2 Å². The zero-order chi connectivity index (χ0) is 24.0. The number of aromatic nitrogens is 1. The first-order valence-electron chi connectivity index (χ1n) is 11.0. The minimum atomic E-state index is -4.41. The number of hydrogen-bond acceptors (Lipinski definition) is 4. The Bertz CT molecular complexity index is 1070. The van der Waals surface area contributed by atoms with E-state index in [0.717, 1.165) is 17.8 Å². The molecule has 0 radical (unpaired) electrons. The smallest absolute Gasteiger partial charge is 0.417 e. The van der Waals surface area contributed by atoms with E-state index in [1.54, 1.807) is 29.2 Å². The molecule has 1 aliphatic rings. The second-order valence-corrected chi connectivity index (χ2v) is 7.96. The SMILES string of the molecule is O=C(Nc1ccc(OCc2ccccc2)cc1)N1CCCN(c2ccc(C(F)(F)F)cn2)CC1. The Labute approximate surface area is 196 Å². The number of rotatable bonds is 5.